The van der Waals surface area contributed by atoms with Crippen LogP contribution in [-0.2, 0) is 17.8 Å². The quantitative estimate of drug-likeness (QED) is 0.610. The van der Waals surface area contributed by atoms with Crippen molar-refractivity contribution in [2.24, 2.45) is 5.92 Å². The number of carbonyl (C=O) groups is 1. The van der Waals surface area contributed by atoms with Gasteiger partial charge in [0.25, 0.3) is 11.1 Å². The molecule has 2 bridgehead atoms. The summed E-state index contributed by atoms with van der Waals surface area (Å²) in [5, 5.41) is 3.55. The third kappa shape index (κ3) is 4.23. The van der Waals surface area contributed by atoms with E-state index in [1.165, 1.54) is 0 Å². The standard InChI is InChI=1S/C24H27N5O3/c30-22(9-8-21-26-19-5-2-1-4-18(19)24(32)27-21)25-10-11-28-13-16-12-17(15-28)20-6-3-7-23(31)29(20)14-16/h1-7,16-17H,8-15H2,(H,25,30)(H,26,27,32)/t16-,17+/m0/s1. The Morgan fingerprint density at radius 1 is 1.09 bits per heavy atom. The first-order valence-electron chi connectivity index (χ1n) is 11.2. The van der Waals surface area contributed by atoms with E-state index in [1.807, 2.05) is 16.7 Å². The lowest BCUT2D eigenvalue weighted by atomic mass is 9.83. The first-order valence-corrected chi connectivity index (χ1v) is 11.2. The fourth-order valence-electron chi connectivity index (χ4n) is 5.11. The van der Waals surface area contributed by atoms with Crippen LogP contribution in [0.1, 0.15) is 30.3 Å². The molecule has 4 heterocycles. The largest absolute Gasteiger partial charge is 0.355 e. The van der Waals surface area contributed by atoms with Gasteiger partial charge in [0.2, 0.25) is 5.91 Å². The molecule has 2 aliphatic rings. The van der Waals surface area contributed by atoms with E-state index in [0.29, 0.717) is 41.5 Å². The van der Waals surface area contributed by atoms with Crippen molar-refractivity contribution in [3.05, 3.63) is 74.7 Å². The SMILES string of the molecule is O=C(CCc1nc2ccccc2c(=O)[nH]1)NCCN1C[C@@H]2C[C@H](C1)c1cccc(=O)n1C2. The number of fused-ring (bicyclic) bond motifs is 5. The molecule has 1 amide bonds. The highest BCUT2D eigenvalue weighted by Crippen LogP contribution is 2.34. The number of aryl methyl sites for hydroxylation is 1. The summed E-state index contributed by atoms with van der Waals surface area (Å²) in [6.45, 7) is 4.03. The van der Waals surface area contributed by atoms with E-state index in [1.54, 1.807) is 24.3 Å². The summed E-state index contributed by atoms with van der Waals surface area (Å²) in [6, 6.07) is 12.8. The van der Waals surface area contributed by atoms with Gasteiger partial charge in [-0.2, -0.15) is 0 Å². The predicted molar refractivity (Wildman–Crippen MR) is 122 cm³/mol. The van der Waals surface area contributed by atoms with Crippen LogP contribution >= 0.6 is 0 Å². The van der Waals surface area contributed by atoms with Gasteiger partial charge in [0.15, 0.2) is 0 Å². The Kier molecular flexibility index (Phi) is 5.61. The average molecular weight is 434 g/mol. The van der Waals surface area contributed by atoms with Gasteiger partial charge < -0.3 is 19.8 Å². The lowest BCUT2D eigenvalue weighted by Gasteiger charge is -2.42. The molecule has 1 fully saturated rings. The summed E-state index contributed by atoms with van der Waals surface area (Å²) >= 11 is 0. The van der Waals surface area contributed by atoms with Gasteiger partial charge in [-0.25, -0.2) is 4.98 Å². The molecular weight excluding hydrogens is 406 g/mol. The van der Waals surface area contributed by atoms with Crippen LogP contribution in [0.25, 0.3) is 10.9 Å². The van der Waals surface area contributed by atoms with Crippen LogP contribution in [0.5, 0.6) is 0 Å². The second-order valence-electron chi connectivity index (χ2n) is 8.84. The second-order valence-corrected chi connectivity index (χ2v) is 8.84. The van der Waals surface area contributed by atoms with Crippen molar-refractivity contribution in [2.75, 3.05) is 26.2 Å². The topological polar surface area (TPSA) is 100 Å². The molecular formula is C24H27N5O3. The van der Waals surface area contributed by atoms with Crippen molar-refractivity contribution in [3.63, 3.8) is 0 Å². The Labute approximate surface area is 185 Å². The molecule has 1 aromatic carbocycles. The van der Waals surface area contributed by atoms with Crippen molar-refractivity contribution in [1.29, 1.82) is 0 Å². The highest BCUT2D eigenvalue weighted by molar-refractivity contribution is 5.78. The molecule has 3 aromatic rings. The number of carbonyl (C=O) groups excluding carboxylic acids is 1. The second kappa shape index (κ2) is 8.70. The molecule has 2 aromatic heterocycles. The van der Waals surface area contributed by atoms with Crippen LogP contribution in [0.15, 0.2) is 52.1 Å². The van der Waals surface area contributed by atoms with Gasteiger partial charge in [0.05, 0.1) is 10.9 Å². The Morgan fingerprint density at radius 2 is 1.97 bits per heavy atom. The third-order valence-corrected chi connectivity index (χ3v) is 6.56. The number of nitrogens with zero attached hydrogens (tertiary/aromatic N) is 3. The molecule has 1 saturated heterocycles. The maximum atomic E-state index is 12.3. The fourth-order valence-corrected chi connectivity index (χ4v) is 5.11. The minimum absolute atomic E-state index is 0.0464. The van der Waals surface area contributed by atoms with Gasteiger partial charge in [-0.1, -0.05) is 18.2 Å². The molecule has 166 valence electrons. The van der Waals surface area contributed by atoms with E-state index in [0.717, 1.165) is 38.3 Å². The summed E-state index contributed by atoms with van der Waals surface area (Å²) in [7, 11) is 0. The van der Waals surface area contributed by atoms with Crippen molar-refractivity contribution in [2.45, 2.75) is 31.7 Å². The molecule has 0 aliphatic carbocycles. The number of aromatic amines is 1. The smallest absolute Gasteiger partial charge is 0.258 e. The van der Waals surface area contributed by atoms with Gasteiger partial charge in [-0.3, -0.25) is 14.4 Å². The zero-order valence-electron chi connectivity index (χ0n) is 17.9. The number of rotatable bonds is 6. The van der Waals surface area contributed by atoms with E-state index in [9.17, 15) is 14.4 Å². The molecule has 0 radical (unpaired) electrons. The average Bonchev–Trinajstić information content (AvgIpc) is 2.78. The van der Waals surface area contributed by atoms with Crippen LogP contribution in [0.2, 0.25) is 0 Å². The van der Waals surface area contributed by atoms with Crippen LogP contribution in [0, 0.1) is 5.92 Å². The number of H-pyrrole nitrogens is 1. The van der Waals surface area contributed by atoms with Gasteiger partial charge in [-0.15, -0.1) is 0 Å². The molecule has 2 aliphatic heterocycles. The summed E-state index contributed by atoms with van der Waals surface area (Å²) in [4.78, 5) is 46.2. The summed E-state index contributed by atoms with van der Waals surface area (Å²) in [5.74, 6) is 1.34. The first-order chi connectivity index (χ1) is 15.6. The number of nitrogens with one attached hydrogen (secondary N) is 2. The van der Waals surface area contributed by atoms with E-state index >= 15 is 0 Å². The Hall–Kier alpha value is -3.26. The normalized spacial score (nSPS) is 20.1. The predicted octanol–water partition coefficient (Wildman–Crippen LogP) is 1.25. The molecule has 32 heavy (non-hydrogen) atoms. The lowest BCUT2D eigenvalue weighted by Crippen LogP contribution is -2.48. The minimum atomic E-state index is -0.175. The minimum Gasteiger partial charge on any atom is -0.355 e. The summed E-state index contributed by atoms with van der Waals surface area (Å²) in [6.07, 6.45) is 1.80. The zero-order valence-corrected chi connectivity index (χ0v) is 17.9. The Balaban J connectivity index is 1.11. The number of pyridine rings is 1. The van der Waals surface area contributed by atoms with Gasteiger partial charge >= 0.3 is 0 Å². The van der Waals surface area contributed by atoms with E-state index in [4.69, 9.17) is 0 Å². The van der Waals surface area contributed by atoms with Crippen molar-refractivity contribution < 1.29 is 4.79 Å². The maximum Gasteiger partial charge on any atom is 0.258 e. The zero-order chi connectivity index (χ0) is 22.1. The van der Waals surface area contributed by atoms with Gasteiger partial charge in [0.1, 0.15) is 5.82 Å². The van der Waals surface area contributed by atoms with Gasteiger partial charge in [-0.05, 0) is 30.5 Å². The number of likely N-dealkylation sites (tertiary alicyclic amines) is 1. The Morgan fingerprint density at radius 3 is 2.88 bits per heavy atom. The van der Waals surface area contributed by atoms with Crippen molar-refractivity contribution in [1.82, 2.24) is 24.8 Å². The lowest BCUT2D eigenvalue weighted by molar-refractivity contribution is -0.121. The number of amides is 1. The number of benzene rings is 1. The Bertz CT molecular complexity index is 1260. The first kappa shape index (κ1) is 20.6. The molecule has 5 rings (SSSR count). The summed E-state index contributed by atoms with van der Waals surface area (Å²) < 4.78 is 1.93. The van der Waals surface area contributed by atoms with Crippen LogP contribution in [-0.4, -0.2) is 51.5 Å². The number of hydrogen-bond donors (Lipinski definition) is 2. The fraction of sp³-hybridized carbons (Fsp3) is 0.417. The monoisotopic (exact) mass is 433 g/mol. The molecule has 0 saturated carbocycles. The van der Waals surface area contributed by atoms with Crippen molar-refractivity contribution >= 4 is 16.8 Å². The molecule has 8 nitrogen and oxygen atoms in total. The number of para-hydroxylation sites is 1. The van der Waals surface area contributed by atoms with Crippen LogP contribution in [0.3, 0.4) is 0 Å². The van der Waals surface area contributed by atoms with Gasteiger partial charge in [0, 0.05) is 63.2 Å². The molecule has 2 N–H and O–H groups in total. The number of piperidine rings is 1. The highest BCUT2D eigenvalue weighted by Gasteiger charge is 2.34. The summed E-state index contributed by atoms with van der Waals surface area (Å²) in [5.41, 5.74) is 1.70. The molecule has 0 spiro atoms. The van der Waals surface area contributed by atoms with Crippen LogP contribution < -0.4 is 16.4 Å². The van der Waals surface area contributed by atoms with E-state index in [-0.39, 0.29) is 23.4 Å². The highest BCUT2D eigenvalue weighted by atomic mass is 16.1. The van der Waals surface area contributed by atoms with E-state index < -0.39 is 0 Å². The third-order valence-electron chi connectivity index (χ3n) is 6.56. The number of aromatic nitrogens is 3. The molecule has 0 unspecified atom stereocenters. The maximum absolute atomic E-state index is 12.3. The molecule has 2 atom stereocenters. The van der Waals surface area contributed by atoms with Crippen LogP contribution in [0.4, 0.5) is 0 Å². The number of hydrogen-bond acceptors (Lipinski definition) is 5. The molecule has 8 heteroatoms. The van der Waals surface area contributed by atoms with E-state index in [2.05, 4.69) is 26.3 Å². The van der Waals surface area contributed by atoms with Crippen molar-refractivity contribution in [3.8, 4) is 0 Å².